The van der Waals surface area contributed by atoms with E-state index >= 15 is 0 Å². The fourth-order valence-corrected chi connectivity index (χ4v) is 1.90. The molecule has 2 heterocycles. The lowest BCUT2D eigenvalue weighted by Crippen LogP contribution is -2.27. The molecule has 0 aliphatic carbocycles. The van der Waals surface area contributed by atoms with E-state index in [1.54, 1.807) is 0 Å². The molecule has 0 spiro atoms. The second kappa shape index (κ2) is 6.38. The zero-order valence-corrected chi connectivity index (χ0v) is 11.9. The minimum atomic E-state index is -3.31. The summed E-state index contributed by atoms with van der Waals surface area (Å²) in [5, 5.41) is 6.66. The second-order valence-electron chi connectivity index (χ2n) is 3.72. The van der Waals surface area contributed by atoms with Crippen molar-refractivity contribution < 1.29 is 8.42 Å². The molecular weight excluding hydrogens is 300 g/mol. The minimum absolute atomic E-state index is 0.106. The van der Waals surface area contributed by atoms with Crippen LogP contribution in [0.1, 0.15) is 0 Å². The Bertz CT molecular complexity index is 685. The normalized spacial score (nSPS) is 11.3. The topological polar surface area (TPSA) is 166 Å². The summed E-state index contributed by atoms with van der Waals surface area (Å²) in [6.45, 7) is 0.119. The predicted octanol–water partition coefficient (Wildman–Crippen LogP) is -2.30. The largest absolute Gasteiger partial charge is 0.353 e. The molecule has 0 atom stereocenters. The molecule has 0 aliphatic rings. The summed E-state index contributed by atoms with van der Waals surface area (Å²) in [5.41, 5.74) is 2.29. The highest BCUT2D eigenvalue weighted by molar-refractivity contribution is 7.89. The molecule has 0 saturated carbocycles. The number of sulfonamides is 1. The highest BCUT2D eigenvalue weighted by atomic mass is 32.2. The number of anilines is 2. The first-order chi connectivity index (χ1) is 10.0. The molecule has 5 N–H and O–H groups in total. The van der Waals surface area contributed by atoms with Gasteiger partial charge < -0.3 is 5.32 Å². The fraction of sp³-hybridized carbons (Fsp3) is 0.375. The maximum absolute atomic E-state index is 11.3. The fourth-order valence-electron chi connectivity index (χ4n) is 1.32. The number of nitrogens with zero attached hydrogens (tertiary/aromatic N) is 6. The Balaban J connectivity index is 2.14. The van der Waals surface area contributed by atoms with Crippen LogP contribution < -0.4 is 21.3 Å². The van der Waals surface area contributed by atoms with Gasteiger partial charge in [0, 0.05) is 6.54 Å². The highest BCUT2D eigenvalue weighted by Crippen LogP contribution is 2.07. The van der Waals surface area contributed by atoms with Crippen LogP contribution in [-0.2, 0) is 10.0 Å². The van der Waals surface area contributed by atoms with E-state index in [1.165, 1.54) is 24.4 Å². The molecule has 2 aromatic rings. The van der Waals surface area contributed by atoms with Crippen molar-refractivity contribution in [1.29, 1.82) is 0 Å². The van der Waals surface area contributed by atoms with Gasteiger partial charge in [-0.15, -0.1) is 0 Å². The standard InChI is InChI=1S/C8H14N10O2S/c1-10-21(19,20)3-2-12-6-14-7(17-9)16-8(15-6)18-5-11-4-13-18/h4-5,10H,2-3,9H2,1H3,(H2,12,14,15,16,17). The van der Waals surface area contributed by atoms with Gasteiger partial charge in [-0.3, -0.25) is 5.43 Å². The molecular formula is C8H14N10O2S. The van der Waals surface area contributed by atoms with Crippen LogP contribution in [-0.4, -0.2) is 57.5 Å². The van der Waals surface area contributed by atoms with Gasteiger partial charge in [-0.25, -0.2) is 24.0 Å². The molecule has 13 heteroatoms. The van der Waals surface area contributed by atoms with Gasteiger partial charge >= 0.3 is 0 Å². The number of nitrogens with one attached hydrogen (secondary N) is 3. The molecule has 21 heavy (non-hydrogen) atoms. The Kier molecular flexibility index (Phi) is 4.56. The molecule has 0 aromatic carbocycles. The summed E-state index contributed by atoms with van der Waals surface area (Å²) in [4.78, 5) is 15.8. The molecule has 12 nitrogen and oxygen atoms in total. The van der Waals surface area contributed by atoms with Gasteiger partial charge in [0.05, 0.1) is 5.75 Å². The van der Waals surface area contributed by atoms with Crippen LogP contribution in [0.5, 0.6) is 0 Å². The maximum atomic E-state index is 11.3. The van der Waals surface area contributed by atoms with E-state index in [4.69, 9.17) is 5.84 Å². The van der Waals surface area contributed by atoms with E-state index in [2.05, 4.69) is 40.5 Å². The van der Waals surface area contributed by atoms with Crippen LogP contribution >= 0.6 is 0 Å². The summed E-state index contributed by atoms with van der Waals surface area (Å²) in [6, 6.07) is 0. The van der Waals surface area contributed by atoms with Crippen LogP contribution in [0.25, 0.3) is 5.95 Å². The van der Waals surface area contributed by atoms with Gasteiger partial charge in [0.1, 0.15) is 12.7 Å². The first kappa shape index (κ1) is 15.0. The second-order valence-corrected chi connectivity index (χ2v) is 5.76. The van der Waals surface area contributed by atoms with Crippen LogP contribution in [0.3, 0.4) is 0 Å². The molecule has 0 aliphatic heterocycles. The first-order valence-electron chi connectivity index (χ1n) is 5.77. The zero-order chi connectivity index (χ0) is 15.3. The summed E-state index contributed by atoms with van der Waals surface area (Å²) in [5.74, 6) is 5.61. The number of rotatable bonds is 7. The number of hydrazine groups is 1. The SMILES string of the molecule is CNS(=O)(=O)CCNc1nc(NN)nc(-n2cncn2)n1. The maximum Gasteiger partial charge on any atom is 0.258 e. The smallest absolute Gasteiger partial charge is 0.258 e. The quantitative estimate of drug-likeness (QED) is 0.322. The van der Waals surface area contributed by atoms with Crippen molar-refractivity contribution in [3.63, 3.8) is 0 Å². The Hall–Kier alpha value is -2.38. The van der Waals surface area contributed by atoms with Gasteiger partial charge in [0.15, 0.2) is 0 Å². The molecule has 114 valence electrons. The molecule has 0 bridgehead atoms. The van der Waals surface area contributed by atoms with Crippen LogP contribution in [0, 0.1) is 0 Å². The molecule has 0 saturated heterocycles. The molecule has 0 unspecified atom stereocenters. The van der Waals surface area contributed by atoms with E-state index in [0.717, 1.165) is 0 Å². The number of hydrogen-bond donors (Lipinski definition) is 4. The van der Waals surface area contributed by atoms with E-state index in [-0.39, 0.29) is 30.1 Å². The molecule has 0 fully saturated rings. The Morgan fingerprint density at radius 2 is 2.05 bits per heavy atom. The van der Waals surface area contributed by atoms with E-state index in [0.29, 0.717) is 0 Å². The number of nitrogen functional groups attached to an aromatic ring is 1. The van der Waals surface area contributed by atoms with Crippen LogP contribution in [0.4, 0.5) is 11.9 Å². The van der Waals surface area contributed by atoms with Crippen molar-refractivity contribution >= 4 is 21.9 Å². The average molecular weight is 314 g/mol. The molecule has 2 aromatic heterocycles. The third kappa shape index (κ3) is 4.04. The van der Waals surface area contributed by atoms with Crippen molar-refractivity contribution in [2.75, 3.05) is 30.1 Å². The summed E-state index contributed by atoms with van der Waals surface area (Å²) >= 11 is 0. The average Bonchev–Trinajstić information content (AvgIpc) is 3.01. The van der Waals surface area contributed by atoms with E-state index in [9.17, 15) is 8.42 Å². The lowest BCUT2D eigenvalue weighted by Gasteiger charge is -2.08. The Morgan fingerprint density at radius 3 is 2.67 bits per heavy atom. The number of nitrogens with two attached hydrogens (primary N) is 1. The van der Waals surface area contributed by atoms with Crippen molar-refractivity contribution in [2.45, 2.75) is 0 Å². The summed E-state index contributed by atoms with van der Waals surface area (Å²) in [6.07, 6.45) is 2.73. The third-order valence-electron chi connectivity index (χ3n) is 2.34. The van der Waals surface area contributed by atoms with Gasteiger partial charge in [0.2, 0.25) is 21.9 Å². The Morgan fingerprint density at radius 1 is 1.29 bits per heavy atom. The predicted molar refractivity (Wildman–Crippen MR) is 73.9 cm³/mol. The Labute approximate surface area is 120 Å². The van der Waals surface area contributed by atoms with Gasteiger partial charge in [-0.2, -0.15) is 24.7 Å². The number of aromatic nitrogens is 6. The highest BCUT2D eigenvalue weighted by Gasteiger charge is 2.10. The first-order valence-corrected chi connectivity index (χ1v) is 7.42. The lowest BCUT2D eigenvalue weighted by molar-refractivity contribution is 0.588. The third-order valence-corrected chi connectivity index (χ3v) is 3.70. The van der Waals surface area contributed by atoms with Crippen LogP contribution in [0.2, 0.25) is 0 Å². The summed E-state index contributed by atoms with van der Waals surface area (Å²) in [7, 11) is -1.97. The monoisotopic (exact) mass is 314 g/mol. The number of hydrogen-bond acceptors (Lipinski definition) is 10. The van der Waals surface area contributed by atoms with E-state index < -0.39 is 10.0 Å². The van der Waals surface area contributed by atoms with Crippen molar-refractivity contribution in [3.8, 4) is 5.95 Å². The van der Waals surface area contributed by atoms with Crippen molar-refractivity contribution in [1.82, 2.24) is 34.4 Å². The van der Waals surface area contributed by atoms with Crippen LogP contribution in [0.15, 0.2) is 12.7 Å². The van der Waals surface area contributed by atoms with Gasteiger partial charge in [-0.1, -0.05) is 0 Å². The van der Waals surface area contributed by atoms with Gasteiger partial charge in [-0.05, 0) is 7.05 Å². The molecule has 2 rings (SSSR count). The molecule has 0 radical (unpaired) electrons. The summed E-state index contributed by atoms with van der Waals surface area (Å²) < 4.78 is 26.1. The molecule has 0 amide bonds. The van der Waals surface area contributed by atoms with Crippen molar-refractivity contribution in [3.05, 3.63) is 12.7 Å². The lowest BCUT2D eigenvalue weighted by atomic mass is 10.7. The van der Waals surface area contributed by atoms with Crippen molar-refractivity contribution in [2.24, 2.45) is 5.84 Å². The van der Waals surface area contributed by atoms with Gasteiger partial charge in [0.25, 0.3) is 5.95 Å². The zero-order valence-electron chi connectivity index (χ0n) is 11.1. The minimum Gasteiger partial charge on any atom is -0.353 e. The van der Waals surface area contributed by atoms with E-state index in [1.807, 2.05) is 0 Å².